The first-order valence-electron chi connectivity index (χ1n) is 8.12. The number of hydrogen-bond donors (Lipinski definition) is 0. The van der Waals surface area contributed by atoms with E-state index >= 15 is 0 Å². The van der Waals surface area contributed by atoms with Gasteiger partial charge in [-0.25, -0.2) is 0 Å². The molecule has 1 aromatic carbocycles. The molecule has 26 heavy (non-hydrogen) atoms. The number of nitrogens with zero attached hydrogens (tertiary/aromatic N) is 2. The van der Waals surface area contributed by atoms with Crippen LogP contribution in [0.25, 0.3) is 0 Å². The molecule has 2 rings (SSSR count). The zero-order chi connectivity index (χ0) is 19.5. The molecule has 0 radical (unpaired) electrons. The molecule has 1 aliphatic rings. The molecule has 2 atom stereocenters. The second kappa shape index (κ2) is 8.47. The summed E-state index contributed by atoms with van der Waals surface area (Å²) in [6.45, 7) is 1.16. The van der Waals surface area contributed by atoms with E-state index in [2.05, 4.69) is 4.74 Å². The van der Waals surface area contributed by atoms with Gasteiger partial charge < -0.3 is 14.2 Å². The minimum atomic E-state index is -3.71. The zero-order valence-electron chi connectivity index (χ0n) is 15.2. The highest BCUT2D eigenvalue weighted by Gasteiger charge is 2.33. The van der Waals surface area contributed by atoms with E-state index in [9.17, 15) is 17.2 Å². The van der Waals surface area contributed by atoms with Gasteiger partial charge in [0.2, 0.25) is 0 Å². The Morgan fingerprint density at radius 3 is 2.42 bits per heavy atom. The van der Waals surface area contributed by atoms with Crippen molar-refractivity contribution in [2.75, 3.05) is 27.2 Å². The molecule has 0 N–H and O–H groups in total. The maximum atomic E-state index is 12.8. The number of morpholine rings is 1. The molecule has 7 nitrogen and oxygen atoms in total. The molecule has 0 bridgehead atoms. The number of rotatable bonds is 7. The van der Waals surface area contributed by atoms with E-state index in [1.54, 1.807) is 6.07 Å². The molecule has 0 spiro atoms. The van der Waals surface area contributed by atoms with Gasteiger partial charge in [-0.1, -0.05) is 6.07 Å². The summed E-state index contributed by atoms with van der Waals surface area (Å²) in [4.78, 5) is 0. The predicted octanol–water partition coefficient (Wildman–Crippen LogP) is 2.08. The zero-order valence-corrected chi connectivity index (χ0v) is 16.0. The summed E-state index contributed by atoms with van der Waals surface area (Å²) in [6, 6.07) is 4.42. The molecule has 1 fully saturated rings. The van der Waals surface area contributed by atoms with Crippen LogP contribution in [-0.2, 0) is 21.5 Å². The molecule has 0 aromatic heterocycles. The number of alkyl halides is 2. The van der Waals surface area contributed by atoms with Crippen molar-refractivity contribution in [1.29, 1.82) is 0 Å². The molecule has 1 saturated heterocycles. The lowest BCUT2D eigenvalue weighted by Gasteiger charge is -2.36. The summed E-state index contributed by atoms with van der Waals surface area (Å²) in [7, 11) is -0.931. The average molecular weight is 394 g/mol. The van der Waals surface area contributed by atoms with Crippen molar-refractivity contribution in [3.8, 4) is 11.5 Å². The van der Waals surface area contributed by atoms with Crippen molar-refractivity contribution in [3.05, 3.63) is 23.8 Å². The van der Waals surface area contributed by atoms with Crippen LogP contribution in [0, 0.1) is 0 Å². The van der Waals surface area contributed by atoms with Gasteiger partial charge in [0, 0.05) is 26.7 Å². The quantitative estimate of drug-likeness (QED) is 0.708. The molecule has 148 valence electrons. The number of methoxy groups -OCH3 is 1. The van der Waals surface area contributed by atoms with E-state index in [1.807, 2.05) is 13.8 Å². The first-order valence-corrected chi connectivity index (χ1v) is 9.51. The van der Waals surface area contributed by atoms with Crippen LogP contribution in [0.4, 0.5) is 8.78 Å². The van der Waals surface area contributed by atoms with Crippen molar-refractivity contribution in [2.24, 2.45) is 0 Å². The molecule has 1 aromatic rings. The minimum Gasteiger partial charge on any atom is -0.493 e. The number of benzene rings is 1. The van der Waals surface area contributed by atoms with Gasteiger partial charge in [-0.15, -0.1) is 0 Å². The molecule has 0 amide bonds. The Morgan fingerprint density at radius 1 is 1.27 bits per heavy atom. The van der Waals surface area contributed by atoms with Crippen LogP contribution in [0.5, 0.6) is 11.5 Å². The molecular weight excluding hydrogens is 370 g/mol. The SMILES string of the molecule is COc1ccc(CN(C)S(=O)(=O)N2C[C@H](C)O[C@@H](C)C2)cc1OC(F)F. The highest BCUT2D eigenvalue weighted by atomic mass is 32.2. The van der Waals surface area contributed by atoms with Crippen LogP contribution < -0.4 is 9.47 Å². The van der Waals surface area contributed by atoms with Gasteiger partial charge in [0.1, 0.15) is 0 Å². The van der Waals surface area contributed by atoms with Gasteiger partial charge in [-0.3, -0.25) is 0 Å². The van der Waals surface area contributed by atoms with Gasteiger partial charge >= 0.3 is 6.61 Å². The molecule has 0 saturated carbocycles. The first-order chi connectivity index (χ1) is 12.1. The maximum Gasteiger partial charge on any atom is 0.387 e. The fraction of sp³-hybridized carbons (Fsp3) is 0.625. The standard InChI is InChI=1S/C16H24F2N2O5S/c1-11-8-20(9-12(2)24-11)26(21,22)19(3)10-13-5-6-14(23-4)15(7-13)25-16(17)18/h5-7,11-12,16H,8-10H2,1-4H3/t11-,12-/m0/s1. The largest absolute Gasteiger partial charge is 0.493 e. The van der Waals surface area contributed by atoms with Crippen LogP contribution >= 0.6 is 0 Å². The van der Waals surface area contributed by atoms with E-state index in [1.165, 1.54) is 34.9 Å². The summed E-state index contributed by atoms with van der Waals surface area (Å²) in [6.07, 6.45) is -0.400. The lowest BCUT2D eigenvalue weighted by atomic mass is 10.2. The van der Waals surface area contributed by atoms with Gasteiger partial charge in [-0.05, 0) is 31.5 Å². The van der Waals surface area contributed by atoms with Crippen molar-refractivity contribution >= 4 is 10.2 Å². The second-order valence-corrected chi connectivity index (χ2v) is 8.24. The molecule has 0 aliphatic carbocycles. The van der Waals surface area contributed by atoms with Crippen LogP contribution in [0.3, 0.4) is 0 Å². The van der Waals surface area contributed by atoms with E-state index in [0.717, 1.165) is 0 Å². The summed E-state index contributed by atoms with van der Waals surface area (Å²) in [5.74, 6) is 0.00908. The highest BCUT2D eigenvalue weighted by Crippen LogP contribution is 2.30. The fourth-order valence-electron chi connectivity index (χ4n) is 2.86. The normalized spacial score (nSPS) is 22.0. The van der Waals surface area contributed by atoms with Crippen LogP contribution in [0.2, 0.25) is 0 Å². The predicted molar refractivity (Wildman–Crippen MR) is 91.6 cm³/mol. The van der Waals surface area contributed by atoms with Gasteiger partial charge in [0.25, 0.3) is 10.2 Å². The van der Waals surface area contributed by atoms with Crippen molar-refractivity contribution < 1.29 is 31.4 Å². The van der Waals surface area contributed by atoms with E-state index in [-0.39, 0.29) is 43.3 Å². The Labute approximate surface area is 152 Å². The number of halogens is 2. The van der Waals surface area contributed by atoms with Crippen molar-refractivity contribution in [2.45, 2.75) is 39.2 Å². The minimum absolute atomic E-state index is 0.00600. The average Bonchev–Trinajstić information content (AvgIpc) is 2.53. The topological polar surface area (TPSA) is 68.3 Å². The third-order valence-electron chi connectivity index (χ3n) is 3.96. The maximum absolute atomic E-state index is 12.8. The molecular formula is C16H24F2N2O5S. The van der Waals surface area contributed by atoms with E-state index in [0.29, 0.717) is 5.56 Å². The smallest absolute Gasteiger partial charge is 0.387 e. The Bertz CT molecular complexity index is 707. The fourth-order valence-corrected chi connectivity index (χ4v) is 4.37. The summed E-state index contributed by atoms with van der Waals surface area (Å²) in [5, 5.41) is 0. The molecule has 10 heteroatoms. The van der Waals surface area contributed by atoms with Crippen LogP contribution in [-0.4, -0.2) is 63.1 Å². The lowest BCUT2D eigenvalue weighted by molar-refractivity contribution is -0.0512. The summed E-state index contributed by atoms with van der Waals surface area (Å²) < 4.78 is 68.2. The van der Waals surface area contributed by atoms with Crippen molar-refractivity contribution in [1.82, 2.24) is 8.61 Å². The molecule has 1 aliphatic heterocycles. The second-order valence-electron chi connectivity index (χ2n) is 6.20. The first kappa shape index (κ1) is 20.8. The summed E-state index contributed by atoms with van der Waals surface area (Å²) >= 11 is 0. The third-order valence-corrected chi connectivity index (χ3v) is 5.82. The van der Waals surface area contributed by atoms with E-state index < -0.39 is 16.8 Å². The monoisotopic (exact) mass is 394 g/mol. The lowest BCUT2D eigenvalue weighted by Crippen LogP contribution is -2.52. The third kappa shape index (κ3) is 5.03. The number of hydrogen-bond acceptors (Lipinski definition) is 5. The molecule has 1 heterocycles. The van der Waals surface area contributed by atoms with Gasteiger partial charge in [0.15, 0.2) is 11.5 Å². The Hall–Kier alpha value is -1.49. The van der Waals surface area contributed by atoms with Gasteiger partial charge in [-0.2, -0.15) is 25.8 Å². The summed E-state index contributed by atoms with van der Waals surface area (Å²) in [5.41, 5.74) is 0.502. The van der Waals surface area contributed by atoms with E-state index in [4.69, 9.17) is 9.47 Å². The molecule has 0 unspecified atom stereocenters. The highest BCUT2D eigenvalue weighted by molar-refractivity contribution is 7.86. The van der Waals surface area contributed by atoms with Gasteiger partial charge in [0.05, 0.1) is 19.3 Å². The Morgan fingerprint density at radius 2 is 1.88 bits per heavy atom. The van der Waals surface area contributed by atoms with Crippen LogP contribution in [0.15, 0.2) is 18.2 Å². The number of ether oxygens (including phenoxy) is 3. The van der Waals surface area contributed by atoms with Crippen LogP contribution in [0.1, 0.15) is 19.4 Å². The Kier molecular flexibility index (Phi) is 6.78. The Balaban J connectivity index is 2.16. The van der Waals surface area contributed by atoms with Crippen molar-refractivity contribution in [3.63, 3.8) is 0 Å².